The molecule has 1 unspecified atom stereocenters. The molecule has 2 heterocycles. The van der Waals surface area contributed by atoms with Gasteiger partial charge in [0.05, 0.1) is 5.88 Å². The number of hydrogen-bond acceptors (Lipinski definition) is 3. The number of nitrogens with zero attached hydrogens (tertiary/aromatic N) is 3. The topological polar surface area (TPSA) is 59.8 Å². The number of amides is 1. The number of pyridine rings is 1. The smallest absolute Gasteiger partial charge is 0.243 e. The molecule has 0 fully saturated rings. The van der Waals surface area contributed by atoms with Crippen LogP contribution in [-0.2, 0) is 10.7 Å². The van der Waals surface area contributed by atoms with Crippen LogP contribution in [0.5, 0.6) is 0 Å². The average Bonchev–Trinajstić information content (AvgIpc) is 2.73. The third-order valence-electron chi connectivity index (χ3n) is 2.95. The van der Waals surface area contributed by atoms with Crippen molar-refractivity contribution in [3.05, 3.63) is 22.6 Å². The molecule has 2 aromatic rings. The molecule has 2 aromatic heterocycles. The summed E-state index contributed by atoms with van der Waals surface area (Å²) >= 11 is 9.34. The number of imidazole rings is 1. The quantitative estimate of drug-likeness (QED) is 0.839. The molecule has 0 bridgehead atoms. The van der Waals surface area contributed by atoms with Gasteiger partial charge in [0, 0.05) is 16.2 Å². The highest BCUT2D eigenvalue weighted by Gasteiger charge is 2.24. The van der Waals surface area contributed by atoms with Gasteiger partial charge < -0.3 is 5.32 Å². The van der Waals surface area contributed by atoms with E-state index in [0.717, 1.165) is 9.99 Å². The Labute approximate surface area is 137 Å². The van der Waals surface area contributed by atoms with Crippen LogP contribution in [0.2, 0.25) is 0 Å². The fourth-order valence-corrected chi connectivity index (χ4v) is 2.60. The van der Waals surface area contributed by atoms with E-state index in [0.29, 0.717) is 11.5 Å². The average molecular weight is 374 g/mol. The van der Waals surface area contributed by atoms with Gasteiger partial charge in [-0.3, -0.25) is 9.36 Å². The molecule has 0 radical (unpaired) electrons. The lowest BCUT2D eigenvalue weighted by Crippen LogP contribution is -2.44. The van der Waals surface area contributed by atoms with Gasteiger partial charge in [0.1, 0.15) is 17.4 Å². The van der Waals surface area contributed by atoms with Crippen LogP contribution in [0.1, 0.15) is 39.6 Å². The summed E-state index contributed by atoms with van der Waals surface area (Å²) in [5.41, 5.74) is 1.08. The molecule has 1 amide bonds. The van der Waals surface area contributed by atoms with Crippen LogP contribution in [0.15, 0.2) is 16.7 Å². The molecular formula is C14H18BrClN4O. The molecule has 21 heavy (non-hydrogen) atoms. The van der Waals surface area contributed by atoms with Gasteiger partial charge in [0.15, 0.2) is 5.65 Å². The minimum absolute atomic E-state index is 0.0853. The van der Waals surface area contributed by atoms with Crippen LogP contribution >= 0.6 is 27.5 Å². The Kier molecular flexibility index (Phi) is 4.58. The normalized spacial score (nSPS) is 13.4. The number of halogens is 2. The summed E-state index contributed by atoms with van der Waals surface area (Å²) in [6.07, 6.45) is 1.69. The van der Waals surface area contributed by atoms with Gasteiger partial charge in [-0.2, -0.15) is 0 Å². The van der Waals surface area contributed by atoms with Crippen LogP contribution in [-0.4, -0.2) is 26.0 Å². The molecule has 114 valence electrons. The maximum Gasteiger partial charge on any atom is 0.243 e. The fraction of sp³-hybridized carbons (Fsp3) is 0.500. The summed E-state index contributed by atoms with van der Waals surface area (Å²) < 4.78 is 2.63. The van der Waals surface area contributed by atoms with Gasteiger partial charge in [-0.05, 0) is 49.7 Å². The van der Waals surface area contributed by atoms with Crippen molar-refractivity contribution >= 4 is 44.6 Å². The standard InChI is InChI=1S/C14H18BrClN4O/c1-8(13(21)19-14(2,3)4)20-11(6-16)18-10-5-9(15)7-17-12(10)20/h5,7-8H,6H2,1-4H3,(H,19,21). The molecule has 2 rings (SSSR count). The Morgan fingerprint density at radius 3 is 2.76 bits per heavy atom. The molecule has 0 aromatic carbocycles. The molecule has 0 spiro atoms. The summed E-state index contributed by atoms with van der Waals surface area (Å²) in [6, 6.07) is 1.43. The molecule has 0 saturated carbocycles. The van der Waals surface area contributed by atoms with E-state index >= 15 is 0 Å². The Balaban J connectivity index is 2.47. The molecular weight excluding hydrogens is 356 g/mol. The first-order chi connectivity index (χ1) is 9.73. The molecule has 0 aliphatic carbocycles. The second-order valence-electron chi connectivity index (χ2n) is 5.94. The molecule has 0 aliphatic rings. The van der Waals surface area contributed by atoms with Crippen LogP contribution in [0.3, 0.4) is 0 Å². The Morgan fingerprint density at radius 1 is 1.52 bits per heavy atom. The van der Waals surface area contributed by atoms with Crippen molar-refractivity contribution in [2.75, 3.05) is 0 Å². The Bertz CT molecular complexity index is 677. The van der Waals surface area contributed by atoms with Crippen molar-refractivity contribution in [1.29, 1.82) is 0 Å². The minimum Gasteiger partial charge on any atom is -0.350 e. The fourth-order valence-electron chi connectivity index (χ4n) is 2.10. The number of carbonyl (C=O) groups excluding carboxylic acids is 1. The third kappa shape index (κ3) is 3.55. The highest BCUT2D eigenvalue weighted by atomic mass is 79.9. The van der Waals surface area contributed by atoms with Crippen molar-refractivity contribution in [2.45, 2.75) is 45.2 Å². The zero-order valence-corrected chi connectivity index (χ0v) is 14.8. The van der Waals surface area contributed by atoms with Crippen molar-refractivity contribution in [2.24, 2.45) is 0 Å². The van der Waals surface area contributed by atoms with E-state index in [4.69, 9.17) is 11.6 Å². The van der Waals surface area contributed by atoms with Crippen molar-refractivity contribution in [3.63, 3.8) is 0 Å². The molecule has 5 nitrogen and oxygen atoms in total. The van der Waals surface area contributed by atoms with Gasteiger partial charge in [0.2, 0.25) is 5.91 Å². The van der Waals surface area contributed by atoms with E-state index in [1.54, 1.807) is 10.8 Å². The number of fused-ring (bicyclic) bond motifs is 1. The number of hydrogen-bond donors (Lipinski definition) is 1. The minimum atomic E-state index is -0.434. The van der Waals surface area contributed by atoms with E-state index < -0.39 is 6.04 Å². The zero-order chi connectivity index (χ0) is 15.8. The molecule has 1 atom stereocenters. The SMILES string of the molecule is CC(C(=O)NC(C)(C)C)n1c(CCl)nc2cc(Br)cnc21. The van der Waals surface area contributed by atoms with Gasteiger partial charge in [-0.1, -0.05) is 0 Å². The lowest BCUT2D eigenvalue weighted by atomic mass is 10.1. The first-order valence-corrected chi connectivity index (χ1v) is 7.96. The number of carbonyl (C=O) groups is 1. The highest BCUT2D eigenvalue weighted by Crippen LogP contribution is 2.23. The van der Waals surface area contributed by atoms with Gasteiger partial charge >= 0.3 is 0 Å². The first kappa shape index (κ1) is 16.2. The number of aromatic nitrogens is 3. The predicted molar refractivity (Wildman–Crippen MR) is 87.4 cm³/mol. The van der Waals surface area contributed by atoms with Gasteiger partial charge in [-0.15, -0.1) is 11.6 Å². The van der Waals surface area contributed by atoms with Crippen LogP contribution < -0.4 is 5.32 Å². The summed E-state index contributed by atoms with van der Waals surface area (Å²) in [4.78, 5) is 21.2. The molecule has 1 N–H and O–H groups in total. The molecule has 7 heteroatoms. The van der Waals surface area contributed by atoms with E-state index in [2.05, 4.69) is 31.2 Å². The van der Waals surface area contributed by atoms with Gasteiger partial charge in [-0.25, -0.2) is 9.97 Å². The van der Waals surface area contributed by atoms with Crippen LogP contribution in [0.25, 0.3) is 11.2 Å². The van der Waals surface area contributed by atoms with E-state index in [1.165, 1.54) is 0 Å². The summed E-state index contributed by atoms with van der Waals surface area (Å²) in [5, 5.41) is 2.97. The van der Waals surface area contributed by atoms with Gasteiger partial charge in [0.25, 0.3) is 0 Å². The predicted octanol–water partition coefficient (Wildman–Crippen LogP) is 3.41. The maximum absolute atomic E-state index is 12.4. The number of nitrogens with one attached hydrogen (secondary N) is 1. The lowest BCUT2D eigenvalue weighted by Gasteiger charge is -2.24. The maximum atomic E-state index is 12.4. The summed E-state index contributed by atoms with van der Waals surface area (Å²) in [7, 11) is 0. The second-order valence-corrected chi connectivity index (χ2v) is 7.13. The van der Waals surface area contributed by atoms with Crippen LogP contribution in [0.4, 0.5) is 0 Å². The van der Waals surface area contributed by atoms with E-state index in [9.17, 15) is 4.79 Å². The Hall–Kier alpha value is -1.14. The number of rotatable bonds is 3. The zero-order valence-electron chi connectivity index (χ0n) is 12.4. The van der Waals surface area contributed by atoms with E-state index in [-0.39, 0.29) is 17.3 Å². The Morgan fingerprint density at radius 2 is 2.19 bits per heavy atom. The lowest BCUT2D eigenvalue weighted by molar-refractivity contribution is -0.125. The molecule has 0 aliphatic heterocycles. The number of alkyl halides is 1. The summed E-state index contributed by atoms with van der Waals surface area (Å²) in [5.74, 6) is 0.771. The van der Waals surface area contributed by atoms with Crippen molar-refractivity contribution in [1.82, 2.24) is 19.9 Å². The second kappa shape index (κ2) is 5.93. The third-order valence-corrected chi connectivity index (χ3v) is 3.63. The first-order valence-electron chi connectivity index (χ1n) is 6.63. The monoisotopic (exact) mass is 372 g/mol. The highest BCUT2D eigenvalue weighted by molar-refractivity contribution is 9.10. The summed E-state index contributed by atoms with van der Waals surface area (Å²) in [6.45, 7) is 7.66. The van der Waals surface area contributed by atoms with Crippen LogP contribution in [0, 0.1) is 0 Å². The van der Waals surface area contributed by atoms with Crippen molar-refractivity contribution < 1.29 is 4.79 Å². The van der Waals surface area contributed by atoms with E-state index in [1.807, 2.05) is 33.8 Å². The van der Waals surface area contributed by atoms with Crippen molar-refractivity contribution in [3.8, 4) is 0 Å². The molecule has 0 saturated heterocycles. The largest absolute Gasteiger partial charge is 0.350 e.